The van der Waals surface area contributed by atoms with E-state index in [1.54, 1.807) is 19.1 Å². The Morgan fingerprint density at radius 2 is 1.52 bits per heavy atom. The van der Waals surface area contributed by atoms with E-state index in [1.165, 1.54) is 5.56 Å². The summed E-state index contributed by atoms with van der Waals surface area (Å²) in [5.41, 5.74) is 4.88. The van der Waals surface area contributed by atoms with E-state index in [0.717, 1.165) is 29.9 Å². The zero-order valence-electron chi connectivity index (χ0n) is 18.6. The number of nitrogens with one attached hydrogen (secondary N) is 1. The molecule has 0 aliphatic rings. The fraction of sp³-hybridized carbons (Fsp3) is 0.308. The van der Waals surface area contributed by atoms with Crippen molar-refractivity contribution in [3.63, 3.8) is 0 Å². The van der Waals surface area contributed by atoms with E-state index in [2.05, 4.69) is 34.1 Å². The number of rotatable bonds is 8. The van der Waals surface area contributed by atoms with Gasteiger partial charge in [0, 0.05) is 23.1 Å². The molecule has 0 aliphatic carbocycles. The maximum Gasteiger partial charge on any atom is 0.338 e. The van der Waals surface area contributed by atoms with E-state index < -0.39 is 12.1 Å². The Hall–Kier alpha value is -3.34. The van der Waals surface area contributed by atoms with Crippen LogP contribution in [0.2, 0.25) is 0 Å². The van der Waals surface area contributed by atoms with Crippen LogP contribution in [0.25, 0.3) is 5.69 Å². The van der Waals surface area contributed by atoms with E-state index >= 15 is 0 Å². The number of amides is 1. The van der Waals surface area contributed by atoms with Gasteiger partial charge in [-0.25, -0.2) is 4.79 Å². The Labute approximate surface area is 184 Å². The summed E-state index contributed by atoms with van der Waals surface area (Å²) >= 11 is 0. The molecule has 162 valence electrons. The second-order valence-electron chi connectivity index (χ2n) is 7.98. The van der Waals surface area contributed by atoms with Crippen molar-refractivity contribution in [3.05, 3.63) is 89.2 Å². The molecule has 0 fully saturated rings. The number of ether oxygens (including phenoxy) is 1. The first kappa shape index (κ1) is 22.3. The molecule has 0 saturated carbocycles. The Kier molecular flexibility index (Phi) is 7.29. The van der Waals surface area contributed by atoms with E-state index in [4.69, 9.17) is 4.74 Å². The normalized spacial score (nSPS) is 12.8. The summed E-state index contributed by atoms with van der Waals surface area (Å²) in [5.74, 6) is -0.795. The van der Waals surface area contributed by atoms with Gasteiger partial charge >= 0.3 is 5.97 Å². The fourth-order valence-electron chi connectivity index (χ4n) is 3.56. The van der Waals surface area contributed by atoms with Gasteiger partial charge in [0.25, 0.3) is 5.91 Å². The summed E-state index contributed by atoms with van der Waals surface area (Å²) in [7, 11) is 0. The molecule has 1 heterocycles. The molecule has 5 nitrogen and oxygen atoms in total. The summed E-state index contributed by atoms with van der Waals surface area (Å²) in [5, 5.41) is 2.93. The van der Waals surface area contributed by atoms with Crippen molar-refractivity contribution >= 4 is 11.9 Å². The molecule has 0 saturated heterocycles. The number of benzene rings is 2. The molecule has 0 unspecified atom stereocenters. The smallest absolute Gasteiger partial charge is 0.338 e. The highest BCUT2D eigenvalue weighted by Gasteiger charge is 2.20. The maximum absolute atomic E-state index is 12.5. The third kappa shape index (κ3) is 5.85. The SMILES string of the molecule is Cc1ccc(C)n1-c1ccc(C(=O)O[C@@H](C)C(=O)N[C@@H](C)CCc2ccccc2)cc1. The predicted molar refractivity (Wildman–Crippen MR) is 122 cm³/mol. The van der Waals surface area contributed by atoms with Gasteiger partial charge in [0.2, 0.25) is 0 Å². The van der Waals surface area contributed by atoms with Crippen molar-refractivity contribution in [2.45, 2.75) is 52.7 Å². The lowest BCUT2D eigenvalue weighted by Gasteiger charge is -2.18. The van der Waals surface area contributed by atoms with Gasteiger partial charge in [-0.1, -0.05) is 30.3 Å². The lowest BCUT2D eigenvalue weighted by atomic mass is 10.1. The van der Waals surface area contributed by atoms with Crippen molar-refractivity contribution in [2.75, 3.05) is 0 Å². The van der Waals surface area contributed by atoms with Crippen LogP contribution < -0.4 is 5.32 Å². The molecule has 1 aromatic heterocycles. The first-order chi connectivity index (χ1) is 14.8. The zero-order valence-corrected chi connectivity index (χ0v) is 18.6. The van der Waals surface area contributed by atoms with E-state index in [9.17, 15) is 9.59 Å². The van der Waals surface area contributed by atoms with E-state index in [-0.39, 0.29) is 11.9 Å². The molecular weight excluding hydrogens is 388 g/mol. The topological polar surface area (TPSA) is 60.3 Å². The van der Waals surface area contributed by atoms with Gasteiger partial charge in [-0.15, -0.1) is 0 Å². The maximum atomic E-state index is 12.5. The summed E-state index contributed by atoms with van der Waals surface area (Å²) in [6.07, 6.45) is 0.833. The standard InChI is InChI=1S/C26H30N2O3/c1-18(10-13-22-8-6-5-7-9-22)27-25(29)21(4)31-26(30)23-14-16-24(17-15-23)28-19(2)11-12-20(28)3/h5-9,11-12,14-18,21H,10,13H2,1-4H3,(H,27,29)/t18-,21-/m0/s1. The summed E-state index contributed by atoms with van der Waals surface area (Å²) in [6, 6.07) is 21.5. The second kappa shape index (κ2) is 10.1. The van der Waals surface area contributed by atoms with Crippen molar-refractivity contribution < 1.29 is 14.3 Å². The van der Waals surface area contributed by atoms with Gasteiger partial charge < -0.3 is 14.6 Å². The molecule has 0 radical (unpaired) electrons. The molecule has 5 heteroatoms. The third-order valence-electron chi connectivity index (χ3n) is 5.38. The summed E-state index contributed by atoms with van der Waals surface area (Å²) in [6.45, 7) is 7.63. The van der Waals surface area contributed by atoms with Crippen LogP contribution in [0.3, 0.4) is 0 Å². The highest BCUT2D eigenvalue weighted by atomic mass is 16.5. The second-order valence-corrected chi connectivity index (χ2v) is 7.98. The van der Waals surface area contributed by atoms with Gasteiger partial charge in [-0.05, 0) is 82.5 Å². The monoisotopic (exact) mass is 418 g/mol. The number of hydrogen-bond acceptors (Lipinski definition) is 3. The molecule has 0 spiro atoms. The van der Waals surface area contributed by atoms with Gasteiger partial charge in [0.1, 0.15) is 0 Å². The van der Waals surface area contributed by atoms with Gasteiger partial charge in [-0.2, -0.15) is 0 Å². The number of aryl methyl sites for hydroxylation is 3. The van der Waals surface area contributed by atoms with Crippen LogP contribution in [0.15, 0.2) is 66.7 Å². The number of aromatic nitrogens is 1. The highest BCUT2D eigenvalue weighted by Crippen LogP contribution is 2.17. The number of esters is 1. The Bertz CT molecular complexity index is 1000. The number of carbonyl (C=O) groups is 2. The van der Waals surface area contributed by atoms with Gasteiger partial charge in [0.05, 0.1) is 5.56 Å². The van der Waals surface area contributed by atoms with Crippen molar-refractivity contribution in [3.8, 4) is 5.69 Å². The Balaban J connectivity index is 1.51. The number of hydrogen-bond donors (Lipinski definition) is 1. The van der Waals surface area contributed by atoms with Crippen LogP contribution in [-0.4, -0.2) is 28.6 Å². The molecule has 0 aliphatic heterocycles. The summed E-state index contributed by atoms with van der Waals surface area (Å²) < 4.78 is 7.50. The van der Waals surface area contributed by atoms with Gasteiger partial charge in [-0.3, -0.25) is 4.79 Å². The van der Waals surface area contributed by atoms with Crippen LogP contribution in [0.1, 0.15) is 47.6 Å². The Morgan fingerprint density at radius 1 is 0.903 bits per heavy atom. The first-order valence-electron chi connectivity index (χ1n) is 10.7. The van der Waals surface area contributed by atoms with Gasteiger partial charge in [0.15, 0.2) is 6.10 Å². The molecule has 31 heavy (non-hydrogen) atoms. The molecule has 2 atom stereocenters. The van der Waals surface area contributed by atoms with Crippen LogP contribution in [-0.2, 0) is 16.0 Å². The third-order valence-corrected chi connectivity index (χ3v) is 5.38. The average Bonchev–Trinajstić information content (AvgIpc) is 3.11. The predicted octanol–water partition coefficient (Wildman–Crippen LogP) is 4.78. The fourth-order valence-corrected chi connectivity index (χ4v) is 3.56. The average molecular weight is 419 g/mol. The molecule has 0 bridgehead atoms. The number of nitrogens with zero attached hydrogens (tertiary/aromatic N) is 1. The summed E-state index contributed by atoms with van der Waals surface area (Å²) in [4.78, 5) is 24.9. The molecular formula is C26H30N2O3. The minimum Gasteiger partial charge on any atom is -0.449 e. The van der Waals surface area contributed by atoms with Crippen molar-refractivity contribution in [2.24, 2.45) is 0 Å². The van der Waals surface area contributed by atoms with Crippen molar-refractivity contribution in [1.82, 2.24) is 9.88 Å². The van der Waals surface area contributed by atoms with Crippen molar-refractivity contribution in [1.29, 1.82) is 0 Å². The van der Waals surface area contributed by atoms with Crippen LogP contribution in [0.5, 0.6) is 0 Å². The van der Waals surface area contributed by atoms with Crippen LogP contribution >= 0.6 is 0 Å². The lowest BCUT2D eigenvalue weighted by molar-refractivity contribution is -0.129. The van der Waals surface area contributed by atoms with Crippen LogP contribution in [0.4, 0.5) is 0 Å². The molecule has 2 aromatic carbocycles. The minimum absolute atomic E-state index is 0.0128. The van der Waals surface area contributed by atoms with E-state index in [0.29, 0.717) is 5.56 Å². The minimum atomic E-state index is -0.861. The largest absolute Gasteiger partial charge is 0.449 e. The molecule has 1 amide bonds. The lowest BCUT2D eigenvalue weighted by Crippen LogP contribution is -2.41. The first-order valence-corrected chi connectivity index (χ1v) is 10.7. The quantitative estimate of drug-likeness (QED) is 0.536. The molecule has 1 N–H and O–H groups in total. The highest BCUT2D eigenvalue weighted by molar-refractivity contribution is 5.92. The zero-order chi connectivity index (χ0) is 22.4. The van der Waals surface area contributed by atoms with E-state index in [1.807, 2.05) is 51.1 Å². The number of carbonyl (C=O) groups excluding carboxylic acids is 2. The van der Waals surface area contributed by atoms with Crippen LogP contribution in [0, 0.1) is 13.8 Å². The molecule has 3 rings (SSSR count). The Morgan fingerprint density at radius 3 is 2.13 bits per heavy atom. The molecule has 3 aromatic rings.